The smallest absolute Gasteiger partial charge is 0.0519 e. The molecule has 1 aliphatic heterocycles. The molecule has 1 fully saturated rings. The zero-order chi connectivity index (χ0) is 10.6. The summed E-state index contributed by atoms with van der Waals surface area (Å²) in [6.45, 7) is 6.21. The lowest BCUT2D eigenvalue weighted by Crippen LogP contribution is -2.46. The molecule has 0 amide bonds. The van der Waals surface area contributed by atoms with Crippen LogP contribution in [0, 0.1) is 5.41 Å². The lowest BCUT2D eigenvalue weighted by atomic mass is 9.90. The van der Waals surface area contributed by atoms with E-state index in [-0.39, 0.29) is 18.6 Å². The maximum Gasteiger partial charge on any atom is 0.0519 e. The van der Waals surface area contributed by atoms with Crippen molar-refractivity contribution in [3.63, 3.8) is 0 Å². The van der Waals surface area contributed by atoms with Crippen molar-refractivity contribution in [1.82, 2.24) is 4.90 Å². The Morgan fingerprint density at radius 1 is 1.29 bits per heavy atom. The first kappa shape index (κ1) is 12.0. The monoisotopic (exact) mass is 201 g/mol. The quantitative estimate of drug-likeness (QED) is 0.709. The fourth-order valence-electron chi connectivity index (χ4n) is 2.03. The van der Waals surface area contributed by atoms with Crippen LogP contribution in [-0.4, -0.2) is 47.5 Å². The number of hydrogen-bond donors (Lipinski definition) is 2. The van der Waals surface area contributed by atoms with Gasteiger partial charge in [-0.05, 0) is 26.3 Å². The molecule has 1 atom stereocenters. The number of aliphatic hydroxyl groups is 2. The second-order valence-electron chi connectivity index (χ2n) is 4.94. The van der Waals surface area contributed by atoms with E-state index < -0.39 is 0 Å². The van der Waals surface area contributed by atoms with Crippen LogP contribution in [0.4, 0.5) is 0 Å². The van der Waals surface area contributed by atoms with Crippen LogP contribution < -0.4 is 0 Å². The second kappa shape index (κ2) is 5.10. The van der Waals surface area contributed by atoms with Gasteiger partial charge in [0.15, 0.2) is 0 Å². The Labute approximate surface area is 86.7 Å². The van der Waals surface area contributed by atoms with Crippen molar-refractivity contribution < 1.29 is 10.2 Å². The van der Waals surface area contributed by atoms with Crippen LogP contribution in [0.15, 0.2) is 0 Å². The highest BCUT2D eigenvalue weighted by Gasteiger charge is 2.29. The molecule has 1 heterocycles. The molecule has 0 spiro atoms. The van der Waals surface area contributed by atoms with Crippen molar-refractivity contribution in [3.05, 3.63) is 0 Å². The van der Waals surface area contributed by atoms with Gasteiger partial charge in [-0.25, -0.2) is 0 Å². The summed E-state index contributed by atoms with van der Waals surface area (Å²) < 4.78 is 0. The fourth-order valence-corrected chi connectivity index (χ4v) is 2.03. The highest BCUT2D eigenvalue weighted by molar-refractivity contribution is 4.81. The van der Waals surface area contributed by atoms with Crippen LogP contribution in [0.25, 0.3) is 0 Å². The average Bonchev–Trinajstić information content (AvgIpc) is 2.21. The maximum absolute atomic E-state index is 9.22. The van der Waals surface area contributed by atoms with Gasteiger partial charge in [-0.15, -0.1) is 0 Å². The Morgan fingerprint density at radius 3 is 2.43 bits per heavy atom. The molecule has 0 aliphatic carbocycles. The van der Waals surface area contributed by atoms with Crippen molar-refractivity contribution >= 4 is 0 Å². The molecule has 1 aliphatic rings. The Morgan fingerprint density at radius 2 is 1.93 bits per heavy atom. The van der Waals surface area contributed by atoms with Crippen molar-refractivity contribution in [2.24, 2.45) is 5.41 Å². The van der Waals surface area contributed by atoms with Gasteiger partial charge < -0.3 is 10.2 Å². The molecule has 14 heavy (non-hydrogen) atoms. The molecule has 3 nitrogen and oxygen atoms in total. The predicted molar refractivity (Wildman–Crippen MR) is 57.2 cm³/mol. The van der Waals surface area contributed by atoms with Gasteiger partial charge in [-0.1, -0.05) is 13.3 Å². The number of nitrogens with zero attached hydrogens (tertiary/aromatic N) is 1. The lowest BCUT2D eigenvalue weighted by molar-refractivity contribution is 0.0153. The number of piperidine rings is 1. The van der Waals surface area contributed by atoms with Crippen LogP contribution in [0.3, 0.4) is 0 Å². The molecular formula is C11H23NO2. The van der Waals surface area contributed by atoms with E-state index in [1.165, 1.54) is 19.3 Å². The first-order valence-corrected chi connectivity index (χ1v) is 5.57. The van der Waals surface area contributed by atoms with Crippen molar-refractivity contribution in [3.8, 4) is 0 Å². The molecule has 0 saturated carbocycles. The summed E-state index contributed by atoms with van der Waals surface area (Å²) in [7, 11) is 0. The molecule has 2 N–H and O–H groups in total. The Balaban J connectivity index is 2.48. The van der Waals surface area contributed by atoms with Crippen LogP contribution >= 0.6 is 0 Å². The minimum Gasteiger partial charge on any atom is -0.396 e. The molecule has 84 valence electrons. The van der Waals surface area contributed by atoms with Gasteiger partial charge in [0.25, 0.3) is 0 Å². The van der Waals surface area contributed by atoms with Crippen molar-refractivity contribution in [2.45, 2.75) is 39.2 Å². The van der Waals surface area contributed by atoms with Crippen LogP contribution in [0.5, 0.6) is 0 Å². The van der Waals surface area contributed by atoms with E-state index >= 15 is 0 Å². The van der Waals surface area contributed by atoms with E-state index in [1.54, 1.807) is 0 Å². The summed E-state index contributed by atoms with van der Waals surface area (Å²) in [6.07, 6.45) is 3.80. The Kier molecular flexibility index (Phi) is 4.35. The molecule has 1 rings (SSSR count). The van der Waals surface area contributed by atoms with Gasteiger partial charge in [0.1, 0.15) is 0 Å². The summed E-state index contributed by atoms with van der Waals surface area (Å²) in [6, 6.07) is 0.598. The van der Waals surface area contributed by atoms with Gasteiger partial charge in [0, 0.05) is 18.0 Å². The first-order valence-electron chi connectivity index (χ1n) is 5.57. The summed E-state index contributed by atoms with van der Waals surface area (Å²) in [5, 5.41) is 18.4. The highest BCUT2D eigenvalue weighted by Crippen LogP contribution is 2.23. The van der Waals surface area contributed by atoms with Gasteiger partial charge >= 0.3 is 0 Å². The number of aliphatic hydroxyl groups excluding tert-OH is 2. The maximum atomic E-state index is 9.22. The summed E-state index contributed by atoms with van der Waals surface area (Å²) in [5.41, 5.74) is -0.342. The van der Waals surface area contributed by atoms with E-state index in [2.05, 4.69) is 11.8 Å². The summed E-state index contributed by atoms with van der Waals surface area (Å²) in [5.74, 6) is 0. The lowest BCUT2D eigenvalue weighted by Gasteiger charge is -2.39. The zero-order valence-electron chi connectivity index (χ0n) is 9.37. The second-order valence-corrected chi connectivity index (χ2v) is 4.94. The summed E-state index contributed by atoms with van der Waals surface area (Å²) in [4.78, 5) is 2.38. The minimum atomic E-state index is -0.342. The van der Waals surface area contributed by atoms with Gasteiger partial charge in [-0.3, -0.25) is 4.90 Å². The average molecular weight is 201 g/mol. The number of hydrogen-bond acceptors (Lipinski definition) is 3. The molecule has 1 saturated heterocycles. The van der Waals surface area contributed by atoms with E-state index in [0.717, 1.165) is 13.1 Å². The minimum absolute atomic E-state index is 0.0622. The fraction of sp³-hybridized carbons (Fsp3) is 1.00. The van der Waals surface area contributed by atoms with E-state index in [0.29, 0.717) is 6.04 Å². The molecular weight excluding hydrogens is 178 g/mol. The van der Waals surface area contributed by atoms with Crippen molar-refractivity contribution in [2.75, 3.05) is 26.3 Å². The van der Waals surface area contributed by atoms with E-state index in [1.807, 2.05) is 6.92 Å². The molecule has 1 unspecified atom stereocenters. The van der Waals surface area contributed by atoms with Crippen LogP contribution in [-0.2, 0) is 0 Å². The number of likely N-dealkylation sites (tertiary alicyclic amines) is 1. The Hall–Kier alpha value is -0.120. The van der Waals surface area contributed by atoms with Crippen LogP contribution in [0.1, 0.15) is 33.1 Å². The molecule has 0 aromatic heterocycles. The van der Waals surface area contributed by atoms with E-state index in [9.17, 15) is 10.2 Å². The van der Waals surface area contributed by atoms with Gasteiger partial charge in [0.2, 0.25) is 0 Å². The van der Waals surface area contributed by atoms with E-state index in [4.69, 9.17) is 0 Å². The number of rotatable bonds is 4. The molecule has 0 aromatic rings. The Bertz CT molecular complexity index is 169. The third-order valence-corrected chi connectivity index (χ3v) is 3.29. The summed E-state index contributed by atoms with van der Waals surface area (Å²) >= 11 is 0. The third-order valence-electron chi connectivity index (χ3n) is 3.29. The standard InChI is InChI=1S/C11H23NO2/c1-10-5-3-4-6-12(10)7-11(2,8-13)9-14/h10,13-14H,3-9H2,1-2H3. The molecule has 0 aromatic carbocycles. The first-order chi connectivity index (χ1) is 6.61. The topological polar surface area (TPSA) is 43.7 Å². The normalized spacial score (nSPS) is 25.3. The molecule has 3 heteroatoms. The van der Waals surface area contributed by atoms with Gasteiger partial charge in [-0.2, -0.15) is 0 Å². The SMILES string of the molecule is CC1CCCCN1CC(C)(CO)CO. The zero-order valence-corrected chi connectivity index (χ0v) is 9.37. The third kappa shape index (κ3) is 2.94. The predicted octanol–water partition coefficient (Wildman–Crippen LogP) is 0.852. The largest absolute Gasteiger partial charge is 0.396 e. The van der Waals surface area contributed by atoms with Crippen molar-refractivity contribution in [1.29, 1.82) is 0 Å². The molecule has 0 radical (unpaired) electrons. The highest BCUT2D eigenvalue weighted by atomic mass is 16.3. The van der Waals surface area contributed by atoms with Crippen LogP contribution in [0.2, 0.25) is 0 Å². The van der Waals surface area contributed by atoms with Gasteiger partial charge in [0.05, 0.1) is 13.2 Å². The molecule has 0 bridgehead atoms.